The van der Waals surface area contributed by atoms with Crippen LogP contribution in [0, 0.1) is 22.7 Å². The van der Waals surface area contributed by atoms with Crippen LogP contribution in [0.3, 0.4) is 0 Å². The van der Waals surface area contributed by atoms with Crippen molar-refractivity contribution in [1.29, 1.82) is 10.5 Å². The summed E-state index contributed by atoms with van der Waals surface area (Å²) in [6, 6.07) is 23.2. The van der Waals surface area contributed by atoms with Crippen LogP contribution >= 0.6 is 0 Å². The molecule has 0 saturated heterocycles. The van der Waals surface area contributed by atoms with Gasteiger partial charge in [-0.2, -0.15) is 10.5 Å². The van der Waals surface area contributed by atoms with E-state index in [1.54, 1.807) is 6.21 Å². The Morgan fingerprint density at radius 3 is 2.04 bits per heavy atom. The highest BCUT2D eigenvalue weighted by Crippen LogP contribution is 2.31. The van der Waals surface area contributed by atoms with E-state index in [-0.39, 0.29) is 5.56 Å². The second-order valence-corrected chi connectivity index (χ2v) is 4.86. The number of aliphatic imine (C=N–C) groups is 1. The number of nitrogens with one attached hydrogen (secondary N) is 1. The average Bonchev–Trinajstić information content (AvgIpc) is 2.99. The fraction of sp³-hybridized carbons (Fsp3) is 0. The Kier molecular flexibility index (Phi) is 4.00. The standard InChI is InChI=1S/C19H12N4/c20-11-16-17(12-21)19(22-13-14-7-3-1-4-8-14)23-18(16)15-9-5-2-6-10-15/h1-10,13,23H. The van der Waals surface area contributed by atoms with Crippen LogP contribution in [0.4, 0.5) is 5.82 Å². The van der Waals surface area contributed by atoms with Gasteiger partial charge in [-0.25, -0.2) is 4.99 Å². The predicted molar refractivity (Wildman–Crippen MR) is 89.4 cm³/mol. The molecule has 2 aromatic carbocycles. The number of benzene rings is 2. The van der Waals surface area contributed by atoms with Gasteiger partial charge >= 0.3 is 0 Å². The number of nitriles is 2. The van der Waals surface area contributed by atoms with Crippen molar-refractivity contribution in [2.75, 3.05) is 0 Å². The molecule has 0 radical (unpaired) electrons. The van der Waals surface area contributed by atoms with E-state index in [0.717, 1.165) is 11.1 Å². The van der Waals surface area contributed by atoms with E-state index in [1.165, 1.54) is 0 Å². The summed E-state index contributed by atoms with van der Waals surface area (Å²) in [5, 5.41) is 18.8. The summed E-state index contributed by atoms with van der Waals surface area (Å²) in [6.45, 7) is 0. The van der Waals surface area contributed by atoms with Gasteiger partial charge in [0.05, 0.1) is 11.3 Å². The molecule has 0 amide bonds. The molecule has 1 N–H and O–H groups in total. The smallest absolute Gasteiger partial charge is 0.149 e. The van der Waals surface area contributed by atoms with Crippen LogP contribution in [0.5, 0.6) is 0 Å². The molecule has 0 fully saturated rings. The van der Waals surface area contributed by atoms with Gasteiger partial charge in [0.2, 0.25) is 0 Å². The van der Waals surface area contributed by atoms with Gasteiger partial charge in [0.1, 0.15) is 23.5 Å². The lowest BCUT2D eigenvalue weighted by Crippen LogP contribution is -1.82. The third kappa shape index (κ3) is 2.88. The van der Waals surface area contributed by atoms with Crippen molar-refractivity contribution in [2.45, 2.75) is 0 Å². The van der Waals surface area contributed by atoms with E-state index in [1.807, 2.05) is 60.7 Å². The Morgan fingerprint density at radius 1 is 0.826 bits per heavy atom. The first-order chi connectivity index (χ1) is 11.3. The van der Waals surface area contributed by atoms with Gasteiger partial charge in [0.25, 0.3) is 0 Å². The Bertz CT molecular complexity index is 923. The maximum atomic E-state index is 9.42. The third-order valence-corrected chi connectivity index (χ3v) is 3.41. The quantitative estimate of drug-likeness (QED) is 0.736. The summed E-state index contributed by atoms with van der Waals surface area (Å²) >= 11 is 0. The highest BCUT2D eigenvalue weighted by Gasteiger charge is 2.17. The monoisotopic (exact) mass is 296 g/mol. The van der Waals surface area contributed by atoms with Gasteiger partial charge in [0, 0.05) is 6.21 Å². The highest BCUT2D eigenvalue weighted by atomic mass is 14.9. The molecular weight excluding hydrogens is 284 g/mol. The number of H-pyrrole nitrogens is 1. The molecule has 0 bridgehead atoms. The first-order valence-corrected chi connectivity index (χ1v) is 7.04. The molecule has 1 heterocycles. The van der Waals surface area contributed by atoms with Crippen LogP contribution in [0.1, 0.15) is 16.7 Å². The molecule has 0 saturated carbocycles. The average molecular weight is 296 g/mol. The zero-order valence-electron chi connectivity index (χ0n) is 12.2. The molecule has 0 aliphatic rings. The molecule has 3 rings (SSSR count). The number of hydrogen-bond donors (Lipinski definition) is 1. The van der Waals surface area contributed by atoms with E-state index in [9.17, 15) is 10.5 Å². The van der Waals surface area contributed by atoms with Crippen molar-refractivity contribution in [2.24, 2.45) is 4.99 Å². The third-order valence-electron chi connectivity index (χ3n) is 3.41. The molecule has 3 aromatic rings. The van der Waals surface area contributed by atoms with Crippen molar-refractivity contribution in [3.63, 3.8) is 0 Å². The van der Waals surface area contributed by atoms with Crippen LogP contribution < -0.4 is 0 Å². The van der Waals surface area contributed by atoms with Crippen molar-refractivity contribution in [1.82, 2.24) is 4.98 Å². The summed E-state index contributed by atoms with van der Waals surface area (Å²) in [5.74, 6) is 0.395. The maximum Gasteiger partial charge on any atom is 0.149 e. The van der Waals surface area contributed by atoms with Gasteiger partial charge < -0.3 is 4.98 Å². The Labute approximate surface area is 134 Å². The van der Waals surface area contributed by atoms with Crippen molar-refractivity contribution < 1.29 is 0 Å². The van der Waals surface area contributed by atoms with E-state index in [0.29, 0.717) is 17.1 Å². The van der Waals surface area contributed by atoms with E-state index in [2.05, 4.69) is 22.1 Å². The van der Waals surface area contributed by atoms with Gasteiger partial charge in [-0.1, -0.05) is 60.7 Å². The molecule has 1 aromatic heterocycles. The van der Waals surface area contributed by atoms with E-state index in [4.69, 9.17) is 0 Å². The molecule has 4 heteroatoms. The number of aromatic amines is 1. The van der Waals surface area contributed by atoms with Crippen LogP contribution in [-0.2, 0) is 0 Å². The zero-order valence-corrected chi connectivity index (χ0v) is 12.2. The van der Waals surface area contributed by atoms with Gasteiger partial charge in [0.15, 0.2) is 0 Å². The number of aromatic nitrogens is 1. The Hall–Kier alpha value is -3.63. The van der Waals surface area contributed by atoms with Crippen LogP contribution in [0.15, 0.2) is 65.7 Å². The minimum absolute atomic E-state index is 0.263. The molecular formula is C19H12N4. The normalized spacial score (nSPS) is 10.3. The highest BCUT2D eigenvalue weighted by molar-refractivity contribution is 5.84. The van der Waals surface area contributed by atoms with Crippen molar-refractivity contribution >= 4 is 12.0 Å². The summed E-state index contributed by atoms with van der Waals surface area (Å²) in [6.07, 6.45) is 1.67. The van der Waals surface area contributed by atoms with E-state index >= 15 is 0 Å². The topological polar surface area (TPSA) is 75.7 Å². The molecule has 0 aliphatic carbocycles. The van der Waals surface area contributed by atoms with Crippen LogP contribution in [0.25, 0.3) is 11.3 Å². The van der Waals surface area contributed by atoms with Gasteiger partial charge in [-0.3, -0.25) is 0 Å². The lowest BCUT2D eigenvalue weighted by molar-refractivity contribution is 1.33. The fourth-order valence-electron chi connectivity index (χ4n) is 2.30. The second kappa shape index (κ2) is 6.43. The number of nitrogens with zero attached hydrogens (tertiary/aromatic N) is 3. The number of hydrogen-bond acceptors (Lipinski definition) is 3. The zero-order chi connectivity index (χ0) is 16.1. The molecule has 23 heavy (non-hydrogen) atoms. The first-order valence-electron chi connectivity index (χ1n) is 7.04. The largest absolute Gasteiger partial charge is 0.337 e. The summed E-state index contributed by atoms with van der Waals surface area (Å²) in [5.41, 5.74) is 2.97. The second-order valence-electron chi connectivity index (χ2n) is 4.86. The van der Waals surface area contributed by atoms with Crippen molar-refractivity contribution in [3.05, 3.63) is 77.4 Å². The van der Waals surface area contributed by atoms with Gasteiger partial charge in [-0.05, 0) is 11.1 Å². The molecule has 0 atom stereocenters. The molecule has 108 valence electrons. The van der Waals surface area contributed by atoms with E-state index < -0.39 is 0 Å². The van der Waals surface area contributed by atoms with Crippen molar-refractivity contribution in [3.8, 4) is 23.4 Å². The number of rotatable bonds is 3. The van der Waals surface area contributed by atoms with Gasteiger partial charge in [-0.15, -0.1) is 0 Å². The minimum Gasteiger partial charge on any atom is -0.337 e. The molecule has 4 nitrogen and oxygen atoms in total. The SMILES string of the molecule is N#Cc1c(N=Cc2ccccc2)[nH]c(-c2ccccc2)c1C#N. The predicted octanol–water partition coefficient (Wildman–Crippen LogP) is 4.18. The summed E-state index contributed by atoms with van der Waals surface area (Å²) in [7, 11) is 0. The lowest BCUT2D eigenvalue weighted by Gasteiger charge is -1.97. The first kappa shape index (κ1) is 14.3. The lowest BCUT2D eigenvalue weighted by atomic mass is 10.1. The fourth-order valence-corrected chi connectivity index (χ4v) is 2.30. The van der Waals surface area contributed by atoms with Crippen LogP contribution in [0.2, 0.25) is 0 Å². The van der Waals surface area contributed by atoms with Crippen LogP contribution in [-0.4, -0.2) is 11.2 Å². The maximum absolute atomic E-state index is 9.42. The Morgan fingerprint density at radius 2 is 1.43 bits per heavy atom. The summed E-state index contributed by atoms with van der Waals surface area (Å²) in [4.78, 5) is 7.44. The minimum atomic E-state index is 0.263. The molecule has 0 aliphatic heterocycles. The summed E-state index contributed by atoms with van der Waals surface area (Å²) < 4.78 is 0. The Balaban J connectivity index is 2.09. The molecule has 0 unspecified atom stereocenters. The molecule has 0 spiro atoms.